The van der Waals surface area contributed by atoms with E-state index < -0.39 is 6.10 Å². The van der Waals surface area contributed by atoms with Gasteiger partial charge in [0.25, 0.3) is 5.91 Å². The Morgan fingerprint density at radius 1 is 1.18 bits per heavy atom. The van der Waals surface area contributed by atoms with E-state index in [-0.39, 0.29) is 5.91 Å². The third-order valence-electron chi connectivity index (χ3n) is 3.07. The van der Waals surface area contributed by atoms with E-state index in [1.165, 1.54) is 0 Å². The number of hydrogen-bond acceptors (Lipinski definition) is 3. The second-order valence-corrected chi connectivity index (χ2v) is 5.13. The summed E-state index contributed by atoms with van der Waals surface area (Å²) in [5, 5.41) is 3.37. The fourth-order valence-electron chi connectivity index (χ4n) is 1.95. The first-order valence-corrected chi connectivity index (χ1v) is 7.37. The number of carbonyl (C=O) groups is 1. The van der Waals surface area contributed by atoms with E-state index in [1.54, 1.807) is 43.5 Å². The number of ether oxygens (including phenoxy) is 2. The van der Waals surface area contributed by atoms with Crippen LogP contribution in [0.2, 0.25) is 5.02 Å². The largest absolute Gasteiger partial charge is 0.497 e. The molecule has 0 fully saturated rings. The minimum Gasteiger partial charge on any atom is -0.497 e. The van der Waals surface area contributed by atoms with Gasteiger partial charge in [-0.05, 0) is 36.8 Å². The van der Waals surface area contributed by atoms with E-state index >= 15 is 0 Å². The van der Waals surface area contributed by atoms with E-state index in [9.17, 15) is 4.79 Å². The third-order valence-corrected chi connectivity index (χ3v) is 3.31. The molecule has 116 valence electrons. The number of nitrogens with one attached hydrogen (secondary N) is 1. The molecule has 1 amide bonds. The van der Waals surface area contributed by atoms with Gasteiger partial charge in [-0.25, -0.2) is 0 Å². The van der Waals surface area contributed by atoms with Gasteiger partial charge in [-0.3, -0.25) is 4.79 Å². The number of rotatable bonds is 6. The SMILES string of the molecule is CC[C@H](Oc1cccc(OC)c1)C(=O)Nc1cccc(Cl)c1. The first-order chi connectivity index (χ1) is 10.6. The molecule has 0 spiro atoms. The van der Waals surface area contributed by atoms with Gasteiger partial charge in [0, 0.05) is 16.8 Å². The Morgan fingerprint density at radius 3 is 2.59 bits per heavy atom. The van der Waals surface area contributed by atoms with Crippen LogP contribution in [0.4, 0.5) is 5.69 Å². The Bertz CT molecular complexity index is 645. The molecule has 5 heteroatoms. The summed E-state index contributed by atoms with van der Waals surface area (Å²) >= 11 is 5.91. The van der Waals surface area contributed by atoms with Crippen molar-refractivity contribution in [2.24, 2.45) is 0 Å². The molecule has 0 saturated carbocycles. The summed E-state index contributed by atoms with van der Waals surface area (Å²) in [6.45, 7) is 1.89. The maximum atomic E-state index is 12.3. The first-order valence-electron chi connectivity index (χ1n) is 6.99. The smallest absolute Gasteiger partial charge is 0.265 e. The Labute approximate surface area is 135 Å². The van der Waals surface area contributed by atoms with Crippen molar-refractivity contribution in [3.8, 4) is 11.5 Å². The summed E-state index contributed by atoms with van der Waals surface area (Å²) in [6, 6.07) is 14.2. The molecular formula is C17H18ClNO3. The van der Waals surface area contributed by atoms with Gasteiger partial charge in [-0.2, -0.15) is 0 Å². The molecule has 0 aromatic heterocycles. The molecule has 0 radical (unpaired) electrons. The van der Waals surface area contributed by atoms with Crippen molar-refractivity contribution >= 4 is 23.2 Å². The van der Waals surface area contributed by atoms with Crippen LogP contribution in [0.15, 0.2) is 48.5 Å². The minimum absolute atomic E-state index is 0.215. The Hall–Kier alpha value is -2.20. The normalized spacial score (nSPS) is 11.6. The topological polar surface area (TPSA) is 47.6 Å². The lowest BCUT2D eigenvalue weighted by Gasteiger charge is -2.17. The molecule has 0 aliphatic rings. The Kier molecular flexibility index (Phi) is 5.67. The maximum absolute atomic E-state index is 12.3. The molecule has 1 N–H and O–H groups in total. The number of benzene rings is 2. The first kappa shape index (κ1) is 16.2. The highest BCUT2D eigenvalue weighted by Crippen LogP contribution is 2.21. The minimum atomic E-state index is -0.592. The van der Waals surface area contributed by atoms with Crippen molar-refractivity contribution < 1.29 is 14.3 Å². The number of carbonyl (C=O) groups excluding carboxylic acids is 1. The van der Waals surface area contributed by atoms with Crippen LogP contribution in [-0.4, -0.2) is 19.1 Å². The fourth-order valence-corrected chi connectivity index (χ4v) is 2.14. The summed E-state index contributed by atoms with van der Waals surface area (Å²) in [6.07, 6.45) is -0.0463. The third kappa shape index (κ3) is 4.40. The Balaban J connectivity index is 2.05. The standard InChI is InChI=1S/C17H18ClNO3/c1-3-16(22-15-9-5-8-14(11-15)21-2)17(20)19-13-7-4-6-12(18)10-13/h4-11,16H,3H2,1-2H3,(H,19,20)/t16-/m0/s1. The highest BCUT2D eigenvalue weighted by Gasteiger charge is 2.18. The van der Waals surface area contributed by atoms with Crippen molar-refractivity contribution in [3.63, 3.8) is 0 Å². The molecule has 0 aliphatic carbocycles. The predicted octanol–water partition coefficient (Wildman–Crippen LogP) is 4.14. The van der Waals surface area contributed by atoms with Crippen molar-refractivity contribution in [1.29, 1.82) is 0 Å². The van der Waals surface area contributed by atoms with Crippen LogP contribution in [-0.2, 0) is 4.79 Å². The highest BCUT2D eigenvalue weighted by atomic mass is 35.5. The van der Waals surface area contributed by atoms with Gasteiger partial charge in [0.2, 0.25) is 0 Å². The monoisotopic (exact) mass is 319 g/mol. The van der Waals surface area contributed by atoms with Crippen LogP contribution in [0, 0.1) is 0 Å². The summed E-state index contributed by atoms with van der Waals surface area (Å²) < 4.78 is 10.9. The number of halogens is 1. The average Bonchev–Trinajstić information content (AvgIpc) is 2.52. The van der Waals surface area contributed by atoms with Crippen LogP contribution >= 0.6 is 11.6 Å². The lowest BCUT2D eigenvalue weighted by Crippen LogP contribution is -2.32. The summed E-state index contributed by atoms with van der Waals surface area (Å²) in [5.74, 6) is 1.06. The van der Waals surface area contributed by atoms with Gasteiger partial charge < -0.3 is 14.8 Å². The van der Waals surface area contributed by atoms with Gasteiger partial charge in [0.1, 0.15) is 11.5 Å². The average molecular weight is 320 g/mol. The zero-order valence-electron chi connectivity index (χ0n) is 12.5. The Morgan fingerprint density at radius 2 is 1.91 bits per heavy atom. The molecule has 0 saturated heterocycles. The van der Waals surface area contributed by atoms with E-state index in [1.807, 2.05) is 19.1 Å². The molecule has 2 aromatic rings. The predicted molar refractivity (Wildman–Crippen MR) is 87.8 cm³/mol. The van der Waals surface area contributed by atoms with Crippen molar-refractivity contribution in [2.45, 2.75) is 19.4 Å². The van der Waals surface area contributed by atoms with Crippen molar-refractivity contribution in [1.82, 2.24) is 0 Å². The van der Waals surface area contributed by atoms with Gasteiger partial charge in [-0.15, -0.1) is 0 Å². The van der Waals surface area contributed by atoms with Gasteiger partial charge in [0.05, 0.1) is 7.11 Å². The van der Waals surface area contributed by atoms with Crippen LogP contribution in [0.5, 0.6) is 11.5 Å². The van der Waals surface area contributed by atoms with Crippen LogP contribution < -0.4 is 14.8 Å². The summed E-state index contributed by atoms with van der Waals surface area (Å²) in [7, 11) is 1.59. The molecule has 2 aromatic carbocycles. The van der Waals surface area contributed by atoms with Crippen LogP contribution in [0.25, 0.3) is 0 Å². The van der Waals surface area contributed by atoms with Crippen molar-refractivity contribution in [2.75, 3.05) is 12.4 Å². The lowest BCUT2D eigenvalue weighted by atomic mass is 10.2. The highest BCUT2D eigenvalue weighted by molar-refractivity contribution is 6.30. The van der Waals surface area contributed by atoms with Crippen LogP contribution in [0.1, 0.15) is 13.3 Å². The second-order valence-electron chi connectivity index (χ2n) is 4.69. The number of anilines is 1. The number of amides is 1. The van der Waals surface area contributed by atoms with E-state index in [0.29, 0.717) is 28.6 Å². The molecule has 2 rings (SSSR count). The second kappa shape index (κ2) is 7.71. The van der Waals surface area contributed by atoms with Gasteiger partial charge in [-0.1, -0.05) is 30.7 Å². The maximum Gasteiger partial charge on any atom is 0.265 e. The molecule has 22 heavy (non-hydrogen) atoms. The quantitative estimate of drug-likeness (QED) is 0.870. The fraction of sp³-hybridized carbons (Fsp3) is 0.235. The van der Waals surface area contributed by atoms with E-state index in [0.717, 1.165) is 0 Å². The summed E-state index contributed by atoms with van der Waals surface area (Å²) in [5.41, 5.74) is 0.644. The molecule has 0 unspecified atom stereocenters. The zero-order valence-corrected chi connectivity index (χ0v) is 13.3. The molecule has 0 bridgehead atoms. The van der Waals surface area contributed by atoms with Crippen molar-refractivity contribution in [3.05, 3.63) is 53.6 Å². The molecule has 4 nitrogen and oxygen atoms in total. The number of hydrogen-bond donors (Lipinski definition) is 1. The van der Waals surface area contributed by atoms with Crippen LogP contribution in [0.3, 0.4) is 0 Å². The zero-order chi connectivity index (χ0) is 15.9. The van der Waals surface area contributed by atoms with Gasteiger partial charge >= 0.3 is 0 Å². The van der Waals surface area contributed by atoms with Gasteiger partial charge in [0.15, 0.2) is 6.10 Å². The van der Waals surface area contributed by atoms with E-state index in [2.05, 4.69) is 5.32 Å². The number of methoxy groups -OCH3 is 1. The molecule has 1 atom stereocenters. The lowest BCUT2D eigenvalue weighted by molar-refractivity contribution is -0.122. The molecular weight excluding hydrogens is 302 g/mol. The summed E-state index contributed by atoms with van der Waals surface area (Å²) in [4.78, 5) is 12.3. The molecule has 0 heterocycles. The molecule has 0 aliphatic heterocycles. The van der Waals surface area contributed by atoms with E-state index in [4.69, 9.17) is 21.1 Å².